The number of aliphatic hydroxyl groups excluding tert-OH is 2. The van der Waals surface area contributed by atoms with E-state index in [1.807, 2.05) is 23.1 Å². The highest BCUT2D eigenvalue weighted by atomic mass is 35.5. The second kappa shape index (κ2) is 6.76. The molecule has 1 aliphatic heterocycles. The van der Waals surface area contributed by atoms with Crippen molar-refractivity contribution in [2.45, 2.75) is 32.6 Å². The molecule has 1 aliphatic rings. The van der Waals surface area contributed by atoms with Gasteiger partial charge in [0.05, 0.1) is 12.2 Å². The topological polar surface area (TPSA) is 55.7 Å². The smallest absolute Gasteiger partial charge is 0.0990 e. The maximum atomic E-state index is 9.70. The van der Waals surface area contributed by atoms with Gasteiger partial charge in [-0.25, -0.2) is 0 Å². The maximum Gasteiger partial charge on any atom is 0.0990 e. The Balaban J connectivity index is 2.14. The van der Waals surface area contributed by atoms with E-state index in [9.17, 15) is 10.2 Å². The van der Waals surface area contributed by atoms with Gasteiger partial charge in [-0.1, -0.05) is 31.5 Å². The Labute approximate surface area is 125 Å². The first-order chi connectivity index (χ1) is 9.49. The van der Waals surface area contributed by atoms with Crippen LogP contribution < -0.4 is 10.2 Å². The van der Waals surface area contributed by atoms with Crippen LogP contribution in [0.25, 0.3) is 0 Å². The summed E-state index contributed by atoms with van der Waals surface area (Å²) in [5.41, 5.74) is 2.01. The van der Waals surface area contributed by atoms with Crippen molar-refractivity contribution in [2.75, 3.05) is 24.5 Å². The van der Waals surface area contributed by atoms with Gasteiger partial charge in [0.25, 0.3) is 0 Å². The Morgan fingerprint density at radius 1 is 1.30 bits per heavy atom. The van der Waals surface area contributed by atoms with E-state index in [2.05, 4.69) is 19.2 Å². The summed E-state index contributed by atoms with van der Waals surface area (Å²) >= 11 is 6.30. The van der Waals surface area contributed by atoms with Gasteiger partial charge >= 0.3 is 0 Å². The predicted molar refractivity (Wildman–Crippen MR) is 82.2 cm³/mol. The highest BCUT2D eigenvalue weighted by Crippen LogP contribution is 2.30. The zero-order chi connectivity index (χ0) is 14.7. The van der Waals surface area contributed by atoms with Crippen molar-refractivity contribution in [3.05, 3.63) is 28.8 Å². The van der Waals surface area contributed by atoms with E-state index in [1.54, 1.807) is 0 Å². The van der Waals surface area contributed by atoms with Crippen molar-refractivity contribution in [1.29, 1.82) is 0 Å². The molecular formula is C15H23ClN2O2. The molecule has 1 fully saturated rings. The summed E-state index contributed by atoms with van der Waals surface area (Å²) in [4.78, 5) is 1.99. The van der Waals surface area contributed by atoms with Gasteiger partial charge in [-0.05, 0) is 24.6 Å². The van der Waals surface area contributed by atoms with Crippen LogP contribution in [0, 0.1) is 5.92 Å². The summed E-state index contributed by atoms with van der Waals surface area (Å²) < 4.78 is 0. The maximum absolute atomic E-state index is 9.70. The molecule has 2 atom stereocenters. The fourth-order valence-corrected chi connectivity index (χ4v) is 2.71. The number of nitrogens with zero attached hydrogens (tertiary/aromatic N) is 1. The minimum absolute atomic E-state index is 0.443. The van der Waals surface area contributed by atoms with Crippen LogP contribution in [-0.2, 0) is 6.54 Å². The first kappa shape index (κ1) is 15.6. The Hall–Kier alpha value is -0.810. The number of β-amino-alcohol motifs (C(OH)–C–C–N with tert-alkyl or cyclic N) is 2. The lowest BCUT2D eigenvalue weighted by Gasteiger charge is -2.22. The van der Waals surface area contributed by atoms with Crippen LogP contribution in [0.4, 0.5) is 5.69 Å². The Morgan fingerprint density at radius 3 is 2.55 bits per heavy atom. The molecule has 1 saturated heterocycles. The van der Waals surface area contributed by atoms with Crippen LogP contribution >= 0.6 is 11.6 Å². The Morgan fingerprint density at radius 2 is 1.95 bits per heavy atom. The third-order valence-electron chi connectivity index (χ3n) is 3.55. The molecule has 3 N–H and O–H groups in total. The van der Waals surface area contributed by atoms with Crippen LogP contribution in [0.15, 0.2) is 18.2 Å². The zero-order valence-electron chi connectivity index (χ0n) is 12.0. The third-order valence-corrected chi connectivity index (χ3v) is 3.90. The number of hydrogen-bond acceptors (Lipinski definition) is 4. The SMILES string of the molecule is CC(C)CNCc1c(Cl)cccc1N1CC(O)C(O)C1. The molecule has 0 saturated carbocycles. The van der Waals surface area contributed by atoms with E-state index >= 15 is 0 Å². The number of hydrogen-bond donors (Lipinski definition) is 3. The lowest BCUT2D eigenvalue weighted by Crippen LogP contribution is -2.25. The Bertz CT molecular complexity index is 443. The molecule has 20 heavy (non-hydrogen) atoms. The third kappa shape index (κ3) is 3.64. The second-order valence-electron chi connectivity index (χ2n) is 5.80. The largest absolute Gasteiger partial charge is 0.389 e. The average Bonchev–Trinajstić information content (AvgIpc) is 2.71. The number of halogens is 1. The molecule has 2 unspecified atom stereocenters. The summed E-state index contributed by atoms with van der Waals surface area (Å²) in [6.45, 7) is 6.82. The van der Waals surface area contributed by atoms with Crippen LogP contribution in [0.2, 0.25) is 5.02 Å². The van der Waals surface area contributed by atoms with Gasteiger partial charge in [-0.3, -0.25) is 0 Å². The van der Waals surface area contributed by atoms with Crippen molar-refractivity contribution in [3.63, 3.8) is 0 Å². The van der Waals surface area contributed by atoms with Gasteiger partial charge in [0.15, 0.2) is 0 Å². The van der Waals surface area contributed by atoms with E-state index in [-0.39, 0.29) is 0 Å². The molecule has 0 amide bonds. The van der Waals surface area contributed by atoms with Crippen LogP contribution in [0.1, 0.15) is 19.4 Å². The van der Waals surface area contributed by atoms with Crippen LogP contribution in [-0.4, -0.2) is 42.1 Å². The second-order valence-corrected chi connectivity index (χ2v) is 6.21. The minimum atomic E-state index is -0.689. The van der Waals surface area contributed by atoms with Crippen LogP contribution in [0.3, 0.4) is 0 Å². The van der Waals surface area contributed by atoms with Crippen molar-refractivity contribution in [1.82, 2.24) is 5.32 Å². The summed E-state index contributed by atoms with van der Waals surface area (Å²) in [5, 5.41) is 23.5. The first-order valence-electron chi connectivity index (χ1n) is 7.08. The van der Waals surface area contributed by atoms with Gasteiger partial charge in [0.1, 0.15) is 0 Å². The van der Waals surface area contributed by atoms with Crippen molar-refractivity contribution >= 4 is 17.3 Å². The predicted octanol–water partition coefficient (Wildman–Crippen LogP) is 1.63. The molecule has 1 aromatic carbocycles. The van der Waals surface area contributed by atoms with E-state index in [0.29, 0.717) is 25.6 Å². The minimum Gasteiger partial charge on any atom is -0.389 e. The summed E-state index contributed by atoms with van der Waals surface area (Å²) in [5.74, 6) is 0.580. The molecule has 112 valence electrons. The van der Waals surface area contributed by atoms with Gasteiger partial charge in [-0.15, -0.1) is 0 Å². The lowest BCUT2D eigenvalue weighted by atomic mass is 10.1. The molecular weight excluding hydrogens is 276 g/mol. The number of aliphatic hydroxyl groups is 2. The molecule has 0 aliphatic carbocycles. The normalized spacial score (nSPS) is 22.8. The average molecular weight is 299 g/mol. The fourth-order valence-electron chi connectivity index (χ4n) is 2.47. The molecule has 2 rings (SSSR count). The molecule has 4 nitrogen and oxygen atoms in total. The number of anilines is 1. The van der Waals surface area contributed by atoms with Crippen molar-refractivity contribution in [2.24, 2.45) is 5.92 Å². The molecule has 0 spiro atoms. The molecule has 1 aromatic rings. The quantitative estimate of drug-likeness (QED) is 0.773. The van der Waals surface area contributed by atoms with Crippen molar-refractivity contribution in [3.8, 4) is 0 Å². The van der Waals surface area contributed by atoms with Gasteiger partial charge in [0.2, 0.25) is 0 Å². The number of nitrogens with one attached hydrogen (secondary N) is 1. The molecule has 0 aromatic heterocycles. The molecule has 1 heterocycles. The first-order valence-corrected chi connectivity index (χ1v) is 7.46. The number of benzene rings is 1. The Kier molecular flexibility index (Phi) is 5.27. The van der Waals surface area contributed by atoms with Gasteiger partial charge < -0.3 is 20.4 Å². The zero-order valence-corrected chi connectivity index (χ0v) is 12.8. The molecule has 0 radical (unpaired) electrons. The van der Waals surface area contributed by atoms with Crippen LogP contribution in [0.5, 0.6) is 0 Å². The monoisotopic (exact) mass is 298 g/mol. The summed E-state index contributed by atoms with van der Waals surface area (Å²) in [7, 11) is 0. The summed E-state index contributed by atoms with van der Waals surface area (Å²) in [6.07, 6.45) is -1.38. The standard InChI is InChI=1S/C15H23ClN2O2/c1-10(2)6-17-7-11-12(16)4-3-5-13(11)18-8-14(19)15(20)9-18/h3-5,10,14-15,17,19-20H,6-9H2,1-2H3. The lowest BCUT2D eigenvalue weighted by molar-refractivity contribution is 0.0572. The van der Waals surface area contributed by atoms with E-state index in [0.717, 1.165) is 22.8 Å². The van der Waals surface area contributed by atoms with E-state index in [1.165, 1.54) is 0 Å². The highest BCUT2D eigenvalue weighted by Gasteiger charge is 2.30. The van der Waals surface area contributed by atoms with Gasteiger partial charge in [-0.2, -0.15) is 0 Å². The molecule has 5 heteroatoms. The van der Waals surface area contributed by atoms with Gasteiger partial charge in [0, 0.05) is 35.9 Å². The van der Waals surface area contributed by atoms with Crippen molar-refractivity contribution < 1.29 is 10.2 Å². The van der Waals surface area contributed by atoms with E-state index in [4.69, 9.17) is 11.6 Å². The fraction of sp³-hybridized carbons (Fsp3) is 0.600. The molecule has 0 bridgehead atoms. The summed E-state index contributed by atoms with van der Waals surface area (Å²) in [6, 6.07) is 5.77. The van der Waals surface area contributed by atoms with E-state index < -0.39 is 12.2 Å². The highest BCUT2D eigenvalue weighted by molar-refractivity contribution is 6.31. The number of rotatable bonds is 5.